The normalized spacial score (nSPS) is 19.7. The molecule has 0 radical (unpaired) electrons. The maximum absolute atomic E-state index is 5.89. The Morgan fingerprint density at radius 1 is 1.41 bits per heavy atom. The van der Waals surface area contributed by atoms with Gasteiger partial charge >= 0.3 is 0 Å². The summed E-state index contributed by atoms with van der Waals surface area (Å²) in [6.45, 7) is 1.42. The summed E-state index contributed by atoms with van der Waals surface area (Å²) in [6.07, 6.45) is 4.55. The Bertz CT molecular complexity index is 541. The van der Waals surface area contributed by atoms with E-state index in [0.29, 0.717) is 6.61 Å². The third kappa shape index (κ3) is 2.25. The standard InChI is InChI=1S/C12H11BrN2O2/c13-8-5-10-12(15-6-8)11(1-3-14-10)17-9-2-4-16-7-9/h1,3,5-6,9H,2,4,7H2. The van der Waals surface area contributed by atoms with Crippen LogP contribution in [0.2, 0.25) is 0 Å². The maximum atomic E-state index is 5.89. The van der Waals surface area contributed by atoms with Gasteiger partial charge in [-0.15, -0.1) is 0 Å². The van der Waals surface area contributed by atoms with Crippen molar-refractivity contribution in [2.75, 3.05) is 13.2 Å². The average Bonchev–Trinajstić information content (AvgIpc) is 2.82. The smallest absolute Gasteiger partial charge is 0.149 e. The van der Waals surface area contributed by atoms with Crippen molar-refractivity contribution in [1.29, 1.82) is 0 Å². The predicted molar refractivity (Wildman–Crippen MR) is 67.1 cm³/mol. The first kappa shape index (κ1) is 10.9. The number of rotatable bonds is 2. The summed E-state index contributed by atoms with van der Waals surface area (Å²) in [7, 11) is 0. The Morgan fingerprint density at radius 2 is 2.35 bits per heavy atom. The van der Waals surface area contributed by atoms with E-state index in [2.05, 4.69) is 25.9 Å². The van der Waals surface area contributed by atoms with E-state index in [9.17, 15) is 0 Å². The number of aromatic nitrogens is 2. The SMILES string of the molecule is Brc1cnc2c(OC3CCOC3)ccnc2c1. The van der Waals surface area contributed by atoms with Gasteiger partial charge in [-0.1, -0.05) is 0 Å². The molecule has 2 aromatic rings. The summed E-state index contributed by atoms with van der Waals surface area (Å²) in [5, 5.41) is 0. The minimum Gasteiger partial charge on any atom is -0.486 e. The van der Waals surface area contributed by atoms with Crippen molar-refractivity contribution in [2.24, 2.45) is 0 Å². The highest BCUT2D eigenvalue weighted by Gasteiger charge is 2.18. The van der Waals surface area contributed by atoms with Crippen molar-refractivity contribution in [2.45, 2.75) is 12.5 Å². The fraction of sp³-hybridized carbons (Fsp3) is 0.333. The lowest BCUT2D eigenvalue weighted by atomic mass is 10.3. The predicted octanol–water partition coefficient (Wildman–Crippen LogP) is 2.56. The fourth-order valence-corrected chi connectivity index (χ4v) is 2.18. The van der Waals surface area contributed by atoms with E-state index < -0.39 is 0 Å². The van der Waals surface area contributed by atoms with E-state index in [0.717, 1.165) is 34.3 Å². The zero-order valence-corrected chi connectivity index (χ0v) is 10.7. The summed E-state index contributed by atoms with van der Waals surface area (Å²) >= 11 is 3.38. The van der Waals surface area contributed by atoms with Gasteiger partial charge in [0.2, 0.25) is 0 Å². The zero-order valence-electron chi connectivity index (χ0n) is 9.10. The molecule has 1 saturated heterocycles. The van der Waals surface area contributed by atoms with Crippen LogP contribution >= 0.6 is 15.9 Å². The fourth-order valence-electron chi connectivity index (χ4n) is 1.86. The highest BCUT2D eigenvalue weighted by molar-refractivity contribution is 9.10. The first-order valence-electron chi connectivity index (χ1n) is 5.47. The van der Waals surface area contributed by atoms with E-state index in [1.165, 1.54) is 0 Å². The number of pyridine rings is 2. The Labute approximate surface area is 107 Å². The van der Waals surface area contributed by atoms with Crippen molar-refractivity contribution in [3.8, 4) is 5.75 Å². The third-order valence-corrected chi connectivity index (χ3v) is 3.12. The van der Waals surface area contributed by atoms with Gasteiger partial charge in [-0.2, -0.15) is 0 Å². The van der Waals surface area contributed by atoms with Crippen molar-refractivity contribution >= 4 is 27.0 Å². The van der Waals surface area contributed by atoms with Crippen LogP contribution < -0.4 is 4.74 Å². The number of halogens is 1. The van der Waals surface area contributed by atoms with Gasteiger partial charge in [0, 0.05) is 29.4 Å². The number of fused-ring (bicyclic) bond motifs is 1. The molecule has 17 heavy (non-hydrogen) atoms. The van der Waals surface area contributed by atoms with Gasteiger partial charge < -0.3 is 9.47 Å². The molecule has 0 aromatic carbocycles. The van der Waals surface area contributed by atoms with Gasteiger partial charge in [0.25, 0.3) is 0 Å². The van der Waals surface area contributed by atoms with Crippen LogP contribution in [0.25, 0.3) is 11.0 Å². The lowest BCUT2D eigenvalue weighted by Crippen LogP contribution is -2.16. The van der Waals surface area contributed by atoms with Crippen LogP contribution in [-0.4, -0.2) is 29.3 Å². The van der Waals surface area contributed by atoms with Crippen LogP contribution in [-0.2, 0) is 4.74 Å². The molecule has 0 amide bonds. The quantitative estimate of drug-likeness (QED) is 0.854. The van der Waals surface area contributed by atoms with Gasteiger partial charge in [-0.05, 0) is 22.0 Å². The molecule has 3 heterocycles. The van der Waals surface area contributed by atoms with Crippen LogP contribution in [0, 0.1) is 0 Å². The van der Waals surface area contributed by atoms with Gasteiger partial charge in [0.05, 0.1) is 18.7 Å². The summed E-state index contributed by atoms with van der Waals surface area (Å²) in [4.78, 5) is 8.62. The number of hydrogen-bond acceptors (Lipinski definition) is 4. The number of ether oxygens (including phenoxy) is 2. The molecule has 0 N–H and O–H groups in total. The second-order valence-corrected chi connectivity index (χ2v) is 4.85. The molecule has 0 bridgehead atoms. The van der Waals surface area contributed by atoms with Gasteiger partial charge in [-0.25, -0.2) is 4.98 Å². The Hall–Kier alpha value is -1.20. The molecular weight excluding hydrogens is 284 g/mol. The molecular formula is C12H11BrN2O2. The summed E-state index contributed by atoms with van der Waals surface area (Å²) in [5.74, 6) is 0.776. The molecule has 2 aromatic heterocycles. The summed E-state index contributed by atoms with van der Waals surface area (Å²) < 4.78 is 12.1. The molecule has 1 fully saturated rings. The van der Waals surface area contributed by atoms with E-state index in [4.69, 9.17) is 9.47 Å². The van der Waals surface area contributed by atoms with Crippen molar-refractivity contribution in [3.63, 3.8) is 0 Å². The van der Waals surface area contributed by atoms with Gasteiger partial charge in [0.15, 0.2) is 0 Å². The van der Waals surface area contributed by atoms with Crippen LogP contribution in [0.4, 0.5) is 0 Å². The van der Waals surface area contributed by atoms with Crippen LogP contribution in [0.3, 0.4) is 0 Å². The third-order valence-electron chi connectivity index (χ3n) is 2.69. The molecule has 88 valence electrons. The highest BCUT2D eigenvalue weighted by atomic mass is 79.9. The minimum absolute atomic E-state index is 0.131. The van der Waals surface area contributed by atoms with E-state index in [1.807, 2.05) is 12.1 Å². The molecule has 0 saturated carbocycles. The molecule has 1 aliphatic rings. The molecule has 0 spiro atoms. The summed E-state index contributed by atoms with van der Waals surface area (Å²) in [5.41, 5.74) is 1.62. The van der Waals surface area contributed by atoms with Crippen LogP contribution in [0.1, 0.15) is 6.42 Å². The van der Waals surface area contributed by atoms with Crippen LogP contribution in [0.15, 0.2) is 29.0 Å². The van der Waals surface area contributed by atoms with E-state index in [1.54, 1.807) is 12.4 Å². The first-order chi connectivity index (χ1) is 8.33. The van der Waals surface area contributed by atoms with Crippen molar-refractivity contribution in [1.82, 2.24) is 9.97 Å². The Kier molecular flexibility index (Phi) is 2.94. The lowest BCUT2D eigenvalue weighted by Gasteiger charge is -2.12. The topological polar surface area (TPSA) is 44.2 Å². The highest BCUT2D eigenvalue weighted by Crippen LogP contribution is 2.26. The maximum Gasteiger partial charge on any atom is 0.149 e. The Morgan fingerprint density at radius 3 is 3.18 bits per heavy atom. The van der Waals surface area contributed by atoms with Gasteiger partial charge in [-0.3, -0.25) is 4.98 Å². The zero-order chi connectivity index (χ0) is 11.7. The Balaban J connectivity index is 1.97. The van der Waals surface area contributed by atoms with Crippen molar-refractivity contribution < 1.29 is 9.47 Å². The molecule has 0 aliphatic carbocycles. The molecule has 1 unspecified atom stereocenters. The van der Waals surface area contributed by atoms with Crippen LogP contribution in [0.5, 0.6) is 5.75 Å². The molecule has 5 heteroatoms. The molecule has 3 rings (SSSR count). The van der Waals surface area contributed by atoms with E-state index in [-0.39, 0.29) is 6.10 Å². The van der Waals surface area contributed by atoms with Crippen molar-refractivity contribution in [3.05, 3.63) is 29.0 Å². The monoisotopic (exact) mass is 294 g/mol. The molecule has 4 nitrogen and oxygen atoms in total. The lowest BCUT2D eigenvalue weighted by molar-refractivity contribution is 0.142. The largest absolute Gasteiger partial charge is 0.486 e. The summed E-state index contributed by atoms with van der Waals surface area (Å²) in [6, 6.07) is 3.78. The second-order valence-electron chi connectivity index (χ2n) is 3.93. The molecule has 1 aliphatic heterocycles. The number of hydrogen-bond donors (Lipinski definition) is 0. The minimum atomic E-state index is 0.131. The molecule has 1 atom stereocenters. The first-order valence-corrected chi connectivity index (χ1v) is 6.27. The van der Waals surface area contributed by atoms with Gasteiger partial charge in [0.1, 0.15) is 17.4 Å². The average molecular weight is 295 g/mol. The second kappa shape index (κ2) is 4.58. The number of nitrogens with zero attached hydrogens (tertiary/aromatic N) is 2. The van der Waals surface area contributed by atoms with E-state index >= 15 is 0 Å².